The molecule has 1 aromatic carbocycles. The second-order valence-electron chi connectivity index (χ2n) is 4.52. The molecule has 108 valence electrons. The standard InChI is InChI=1S/C13H17N3O2S2/c1-3-8-14-9-12-13(15-16-19-12)10-4-6-11(7-5-10)20(2,17)18/h4-7,14H,3,8-9H2,1-2H3. The van der Waals surface area contributed by atoms with Crippen LogP contribution in [0.5, 0.6) is 0 Å². The number of benzene rings is 1. The molecule has 7 heteroatoms. The Morgan fingerprint density at radius 1 is 1.25 bits per heavy atom. The van der Waals surface area contributed by atoms with Crippen molar-refractivity contribution in [2.45, 2.75) is 24.8 Å². The van der Waals surface area contributed by atoms with Gasteiger partial charge in [0.05, 0.1) is 9.77 Å². The van der Waals surface area contributed by atoms with Crippen LogP contribution >= 0.6 is 11.5 Å². The minimum Gasteiger partial charge on any atom is -0.312 e. The normalized spacial score (nSPS) is 11.7. The number of hydrogen-bond donors (Lipinski definition) is 1. The summed E-state index contributed by atoms with van der Waals surface area (Å²) in [6.45, 7) is 3.79. The van der Waals surface area contributed by atoms with Crippen molar-refractivity contribution in [1.82, 2.24) is 14.9 Å². The van der Waals surface area contributed by atoms with E-state index >= 15 is 0 Å². The van der Waals surface area contributed by atoms with E-state index in [2.05, 4.69) is 21.8 Å². The Morgan fingerprint density at radius 2 is 1.95 bits per heavy atom. The van der Waals surface area contributed by atoms with Crippen molar-refractivity contribution in [3.8, 4) is 11.3 Å². The first kappa shape index (κ1) is 15.1. The molecule has 0 radical (unpaired) electrons. The lowest BCUT2D eigenvalue weighted by molar-refractivity contribution is 0.602. The monoisotopic (exact) mass is 311 g/mol. The molecule has 0 aliphatic heterocycles. The molecule has 1 heterocycles. The zero-order valence-electron chi connectivity index (χ0n) is 11.5. The molecule has 2 rings (SSSR count). The third-order valence-electron chi connectivity index (χ3n) is 2.82. The number of nitrogens with zero attached hydrogens (tertiary/aromatic N) is 2. The van der Waals surface area contributed by atoms with Crippen molar-refractivity contribution < 1.29 is 8.42 Å². The number of sulfone groups is 1. The summed E-state index contributed by atoms with van der Waals surface area (Å²) >= 11 is 1.36. The van der Waals surface area contributed by atoms with Gasteiger partial charge in [0.15, 0.2) is 9.84 Å². The maximum Gasteiger partial charge on any atom is 0.175 e. The molecule has 1 N–H and O–H groups in total. The van der Waals surface area contributed by atoms with Crippen LogP contribution in [-0.4, -0.2) is 30.8 Å². The van der Waals surface area contributed by atoms with Gasteiger partial charge in [0, 0.05) is 18.4 Å². The zero-order valence-corrected chi connectivity index (χ0v) is 13.1. The summed E-state index contributed by atoms with van der Waals surface area (Å²) in [6.07, 6.45) is 2.27. The van der Waals surface area contributed by atoms with Crippen molar-refractivity contribution in [2.24, 2.45) is 0 Å². The Morgan fingerprint density at radius 3 is 2.55 bits per heavy atom. The molecule has 2 aromatic rings. The Hall–Kier alpha value is -1.31. The molecule has 0 spiro atoms. The molecule has 20 heavy (non-hydrogen) atoms. The van der Waals surface area contributed by atoms with E-state index in [0.717, 1.165) is 35.6 Å². The van der Waals surface area contributed by atoms with E-state index in [4.69, 9.17) is 0 Å². The van der Waals surface area contributed by atoms with Gasteiger partial charge in [0.2, 0.25) is 0 Å². The lowest BCUT2D eigenvalue weighted by atomic mass is 10.1. The van der Waals surface area contributed by atoms with Crippen LogP contribution in [0.15, 0.2) is 29.2 Å². The lowest BCUT2D eigenvalue weighted by Gasteiger charge is -2.04. The summed E-state index contributed by atoms with van der Waals surface area (Å²) in [5, 5.41) is 7.45. The molecule has 0 fully saturated rings. The van der Waals surface area contributed by atoms with Crippen LogP contribution < -0.4 is 5.32 Å². The highest BCUT2D eigenvalue weighted by atomic mass is 32.2. The van der Waals surface area contributed by atoms with Crippen LogP contribution in [0.25, 0.3) is 11.3 Å². The van der Waals surface area contributed by atoms with Gasteiger partial charge in [-0.2, -0.15) is 0 Å². The van der Waals surface area contributed by atoms with Gasteiger partial charge in [-0.05, 0) is 36.6 Å². The van der Waals surface area contributed by atoms with Crippen LogP contribution in [0, 0.1) is 0 Å². The number of nitrogens with one attached hydrogen (secondary N) is 1. The largest absolute Gasteiger partial charge is 0.312 e. The van der Waals surface area contributed by atoms with E-state index in [0.29, 0.717) is 4.90 Å². The summed E-state index contributed by atoms with van der Waals surface area (Å²) < 4.78 is 26.9. The van der Waals surface area contributed by atoms with Gasteiger partial charge in [0.1, 0.15) is 5.69 Å². The van der Waals surface area contributed by atoms with Gasteiger partial charge in [-0.15, -0.1) is 5.10 Å². The van der Waals surface area contributed by atoms with E-state index in [9.17, 15) is 8.42 Å². The van der Waals surface area contributed by atoms with Crippen molar-refractivity contribution >= 4 is 21.4 Å². The van der Waals surface area contributed by atoms with E-state index < -0.39 is 9.84 Å². The Bertz CT molecular complexity index is 663. The van der Waals surface area contributed by atoms with E-state index in [1.165, 1.54) is 17.8 Å². The molecule has 0 saturated carbocycles. The molecule has 0 unspecified atom stereocenters. The number of rotatable bonds is 6. The Labute approximate surface area is 123 Å². The molecule has 5 nitrogen and oxygen atoms in total. The quantitative estimate of drug-likeness (QED) is 0.827. The van der Waals surface area contributed by atoms with Gasteiger partial charge in [0.25, 0.3) is 0 Å². The molecule has 0 amide bonds. The smallest absolute Gasteiger partial charge is 0.175 e. The van der Waals surface area contributed by atoms with Crippen LogP contribution in [0.4, 0.5) is 0 Å². The molecule has 0 atom stereocenters. The summed E-state index contributed by atoms with van der Waals surface area (Å²) in [4.78, 5) is 1.38. The Kier molecular flexibility index (Phi) is 4.85. The molecule has 0 saturated heterocycles. The average Bonchev–Trinajstić information content (AvgIpc) is 2.87. The zero-order chi connectivity index (χ0) is 14.6. The van der Waals surface area contributed by atoms with Gasteiger partial charge in [-0.1, -0.05) is 23.5 Å². The molecular weight excluding hydrogens is 294 g/mol. The maximum absolute atomic E-state index is 11.4. The van der Waals surface area contributed by atoms with Crippen LogP contribution in [0.3, 0.4) is 0 Å². The van der Waals surface area contributed by atoms with Gasteiger partial charge < -0.3 is 5.32 Å². The van der Waals surface area contributed by atoms with Crippen LogP contribution in [0.2, 0.25) is 0 Å². The third kappa shape index (κ3) is 3.62. The maximum atomic E-state index is 11.4. The predicted octanol–water partition coefficient (Wildman–Crippen LogP) is 2.11. The molecule has 0 aliphatic rings. The summed E-state index contributed by atoms with van der Waals surface area (Å²) in [6, 6.07) is 6.76. The topological polar surface area (TPSA) is 72.0 Å². The second-order valence-corrected chi connectivity index (χ2v) is 7.37. The van der Waals surface area contributed by atoms with Gasteiger partial charge in [-0.25, -0.2) is 8.42 Å². The van der Waals surface area contributed by atoms with E-state index in [-0.39, 0.29) is 0 Å². The van der Waals surface area contributed by atoms with Crippen molar-refractivity contribution in [3.05, 3.63) is 29.1 Å². The number of hydrogen-bond acceptors (Lipinski definition) is 6. The van der Waals surface area contributed by atoms with E-state index in [1.807, 2.05) is 0 Å². The molecular formula is C13H17N3O2S2. The van der Waals surface area contributed by atoms with Crippen LogP contribution in [0.1, 0.15) is 18.2 Å². The summed E-state index contributed by atoms with van der Waals surface area (Å²) in [5.74, 6) is 0. The molecule has 0 aliphatic carbocycles. The highest BCUT2D eigenvalue weighted by Gasteiger charge is 2.12. The van der Waals surface area contributed by atoms with Crippen molar-refractivity contribution in [1.29, 1.82) is 0 Å². The summed E-state index contributed by atoms with van der Waals surface area (Å²) in [5.41, 5.74) is 1.71. The van der Waals surface area contributed by atoms with Crippen LogP contribution in [-0.2, 0) is 16.4 Å². The highest BCUT2D eigenvalue weighted by Crippen LogP contribution is 2.25. The first-order chi connectivity index (χ1) is 9.52. The summed E-state index contributed by atoms with van der Waals surface area (Å²) in [7, 11) is -3.16. The highest BCUT2D eigenvalue weighted by molar-refractivity contribution is 7.90. The lowest BCUT2D eigenvalue weighted by Crippen LogP contribution is -2.13. The first-order valence-electron chi connectivity index (χ1n) is 6.35. The van der Waals surface area contributed by atoms with Gasteiger partial charge >= 0.3 is 0 Å². The Balaban J connectivity index is 2.22. The fraction of sp³-hybridized carbons (Fsp3) is 0.385. The minimum absolute atomic E-state index is 0.315. The fourth-order valence-corrected chi connectivity index (χ4v) is 3.05. The average molecular weight is 311 g/mol. The number of aromatic nitrogens is 2. The van der Waals surface area contributed by atoms with Gasteiger partial charge in [-0.3, -0.25) is 0 Å². The second kappa shape index (κ2) is 6.43. The molecule has 1 aromatic heterocycles. The first-order valence-corrected chi connectivity index (χ1v) is 9.01. The van der Waals surface area contributed by atoms with E-state index in [1.54, 1.807) is 24.3 Å². The fourth-order valence-electron chi connectivity index (χ4n) is 1.78. The molecule has 0 bridgehead atoms. The third-order valence-corrected chi connectivity index (χ3v) is 4.67. The predicted molar refractivity (Wildman–Crippen MR) is 80.5 cm³/mol. The minimum atomic E-state index is -3.16. The SMILES string of the molecule is CCCNCc1snnc1-c1ccc(S(C)(=O)=O)cc1. The van der Waals surface area contributed by atoms with Crippen molar-refractivity contribution in [3.63, 3.8) is 0 Å². The van der Waals surface area contributed by atoms with Crippen molar-refractivity contribution in [2.75, 3.05) is 12.8 Å².